The number of morpholine rings is 1. The summed E-state index contributed by atoms with van der Waals surface area (Å²) in [4.78, 5) is 13.1. The SMILES string of the molecule is O=C(O)CCCC=CC[C@@H]1[C@@H](N2CCOCC2)[C@H](O)C[C@@H]1OCc1ccc(-c2ccccc2)o1. The predicted octanol–water partition coefficient (Wildman–Crippen LogP) is 4.11. The lowest BCUT2D eigenvalue weighted by Gasteiger charge is -2.37. The van der Waals surface area contributed by atoms with Crippen molar-refractivity contribution in [3.8, 4) is 11.3 Å². The van der Waals surface area contributed by atoms with Crippen molar-refractivity contribution in [3.05, 3.63) is 60.4 Å². The van der Waals surface area contributed by atoms with E-state index in [4.69, 9.17) is 19.0 Å². The van der Waals surface area contributed by atoms with Crippen molar-refractivity contribution < 1.29 is 28.9 Å². The van der Waals surface area contributed by atoms with Gasteiger partial charge >= 0.3 is 5.97 Å². The van der Waals surface area contributed by atoms with Gasteiger partial charge in [-0.05, 0) is 31.4 Å². The molecule has 2 aliphatic rings. The molecule has 4 atom stereocenters. The molecule has 1 saturated carbocycles. The Morgan fingerprint density at radius 2 is 1.91 bits per heavy atom. The first-order valence-corrected chi connectivity index (χ1v) is 12.2. The molecule has 0 radical (unpaired) electrons. The molecule has 7 heteroatoms. The minimum atomic E-state index is -0.762. The molecule has 184 valence electrons. The zero-order valence-corrected chi connectivity index (χ0v) is 19.6. The Hall–Kier alpha value is -2.45. The molecule has 0 unspecified atom stereocenters. The minimum Gasteiger partial charge on any atom is -0.481 e. The summed E-state index contributed by atoms with van der Waals surface area (Å²) in [6.07, 6.45) is 6.56. The van der Waals surface area contributed by atoms with E-state index in [1.165, 1.54) is 0 Å². The van der Waals surface area contributed by atoms with E-state index in [0.29, 0.717) is 32.7 Å². The summed E-state index contributed by atoms with van der Waals surface area (Å²) in [6.45, 7) is 3.35. The molecule has 1 aromatic carbocycles. The van der Waals surface area contributed by atoms with E-state index in [9.17, 15) is 9.90 Å². The topological polar surface area (TPSA) is 92.4 Å². The standard InChI is InChI=1S/C27H35NO6/c29-23-18-25(33-19-21-12-13-24(34-21)20-8-4-3-5-9-20)22(10-6-1-2-7-11-26(30)31)27(23)28-14-16-32-17-15-28/h1,3-6,8-9,12-13,22-23,25,27,29H,2,7,10-11,14-19H2,(H,30,31)/t22-,23+,25-,27+/m0/s1. The van der Waals surface area contributed by atoms with Crippen LogP contribution in [0.1, 0.15) is 37.9 Å². The lowest BCUT2D eigenvalue weighted by atomic mass is 9.94. The molecule has 0 bridgehead atoms. The number of carboxylic acid groups (broad SMARTS) is 1. The lowest BCUT2D eigenvalue weighted by molar-refractivity contribution is -0.137. The number of hydrogen-bond donors (Lipinski definition) is 2. The zero-order valence-electron chi connectivity index (χ0n) is 19.6. The molecule has 1 aliphatic carbocycles. The van der Waals surface area contributed by atoms with Crippen molar-refractivity contribution in [3.63, 3.8) is 0 Å². The van der Waals surface area contributed by atoms with Gasteiger partial charge in [-0.1, -0.05) is 42.5 Å². The van der Waals surface area contributed by atoms with Crippen LogP contribution in [0.2, 0.25) is 0 Å². The van der Waals surface area contributed by atoms with E-state index in [1.807, 2.05) is 42.5 Å². The van der Waals surface area contributed by atoms with Gasteiger partial charge in [0.1, 0.15) is 18.1 Å². The average Bonchev–Trinajstić information content (AvgIpc) is 3.45. The van der Waals surface area contributed by atoms with Crippen LogP contribution in [0.3, 0.4) is 0 Å². The molecule has 1 aromatic heterocycles. The summed E-state index contributed by atoms with van der Waals surface area (Å²) in [5.74, 6) is 0.970. The molecule has 4 rings (SSSR count). The van der Waals surface area contributed by atoms with Crippen LogP contribution in [0.4, 0.5) is 0 Å². The first kappa shape index (κ1) is 24.7. The quantitative estimate of drug-likeness (QED) is 0.378. The van der Waals surface area contributed by atoms with E-state index in [-0.39, 0.29) is 24.5 Å². The Balaban J connectivity index is 1.39. The third kappa shape index (κ3) is 6.57. The second-order valence-corrected chi connectivity index (χ2v) is 9.08. The lowest BCUT2D eigenvalue weighted by Crippen LogP contribution is -2.50. The van der Waals surface area contributed by atoms with Gasteiger partial charge in [0, 0.05) is 43.5 Å². The van der Waals surface area contributed by atoms with Crippen LogP contribution in [0.5, 0.6) is 0 Å². The Labute approximate surface area is 201 Å². The summed E-state index contributed by atoms with van der Waals surface area (Å²) >= 11 is 0. The van der Waals surface area contributed by atoms with Gasteiger partial charge in [-0.2, -0.15) is 0 Å². The number of allylic oxidation sites excluding steroid dienone is 2. The number of hydrogen-bond acceptors (Lipinski definition) is 6. The van der Waals surface area contributed by atoms with Crippen molar-refractivity contribution >= 4 is 5.97 Å². The van der Waals surface area contributed by atoms with Crippen LogP contribution in [0.25, 0.3) is 11.3 Å². The first-order chi connectivity index (χ1) is 16.6. The fourth-order valence-corrected chi connectivity index (χ4v) is 5.07. The summed E-state index contributed by atoms with van der Waals surface area (Å²) in [5.41, 5.74) is 1.03. The van der Waals surface area contributed by atoms with Gasteiger partial charge in [0.25, 0.3) is 0 Å². The van der Waals surface area contributed by atoms with Crippen LogP contribution in [0.15, 0.2) is 59.0 Å². The molecular formula is C27H35NO6. The smallest absolute Gasteiger partial charge is 0.303 e. The number of aliphatic hydroxyl groups is 1. The molecule has 7 nitrogen and oxygen atoms in total. The normalized spacial score (nSPS) is 25.8. The van der Waals surface area contributed by atoms with Gasteiger partial charge < -0.3 is 24.1 Å². The molecule has 2 heterocycles. The number of carbonyl (C=O) groups is 1. The maximum atomic E-state index is 11.0. The fraction of sp³-hybridized carbons (Fsp3) is 0.519. The molecule has 0 spiro atoms. The van der Waals surface area contributed by atoms with Crippen molar-refractivity contribution in [2.45, 2.75) is 57.0 Å². The minimum absolute atomic E-state index is 0.0223. The highest BCUT2D eigenvalue weighted by Crippen LogP contribution is 2.37. The van der Waals surface area contributed by atoms with Gasteiger partial charge in [-0.25, -0.2) is 0 Å². The maximum absolute atomic E-state index is 11.0. The molecule has 1 aliphatic heterocycles. The summed E-state index contributed by atoms with van der Waals surface area (Å²) in [7, 11) is 0. The fourth-order valence-electron chi connectivity index (χ4n) is 5.07. The van der Waals surface area contributed by atoms with Crippen molar-refractivity contribution in [2.75, 3.05) is 26.3 Å². The number of benzene rings is 1. The molecule has 34 heavy (non-hydrogen) atoms. The van der Waals surface area contributed by atoms with E-state index < -0.39 is 12.1 Å². The molecule has 1 saturated heterocycles. The molecule has 2 aromatic rings. The van der Waals surface area contributed by atoms with Crippen molar-refractivity contribution in [1.82, 2.24) is 4.90 Å². The van der Waals surface area contributed by atoms with Gasteiger partial charge in [0.15, 0.2) is 0 Å². The van der Waals surface area contributed by atoms with Crippen molar-refractivity contribution in [2.24, 2.45) is 5.92 Å². The van der Waals surface area contributed by atoms with Crippen LogP contribution < -0.4 is 0 Å². The number of furan rings is 1. The maximum Gasteiger partial charge on any atom is 0.303 e. The van der Waals surface area contributed by atoms with Gasteiger partial charge in [0.2, 0.25) is 0 Å². The number of carboxylic acids is 1. The number of unbranched alkanes of at least 4 members (excludes halogenated alkanes) is 1. The zero-order chi connectivity index (χ0) is 23.8. The highest BCUT2D eigenvalue weighted by atomic mass is 16.5. The number of nitrogens with zero attached hydrogens (tertiary/aromatic N) is 1. The van der Waals surface area contributed by atoms with Gasteiger partial charge in [0.05, 0.1) is 25.4 Å². The van der Waals surface area contributed by atoms with Crippen LogP contribution in [0, 0.1) is 5.92 Å². The first-order valence-electron chi connectivity index (χ1n) is 12.2. The molecular weight excluding hydrogens is 434 g/mol. The third-order valence-electron chi connectivity index (χ3n) is 6.75. The Kier molecular flexibility index (Phi) is 8.93. The highest BCUT2D eigenvalue weighted by Gasteiger charge is 2.45. The van der Waals surface area contributed by atoms with E-state index in [1.54, 1.807) is 0 Å². The largest absolute Gasteiger partial charge is 0.481 e. The van der Waals surface area contributed by atoms with E-state index in [0.717, 1.165) is 43.0 Å². The molecule has 0 amide bonds. The van der Waals surface area contributed by atoms with Crippen LogP contribution >= 0.6 is 0 Å². The summed E-state index contributed by atoms with van der Waals surface area (Å²) in [6, 6.07) is 13.9. The van der Waals surface area contributed by atoms with Crippen molar-refractivity contribution in [1.29, 1.82) is 0 Å². The second-order valence-electron chi connectivity index (χ2n) is 9.08. The van der Waals surface area contributed by atoms with E-state index >= 15 is 0 Å². The monoisotopic (exact) mass is 469 g/mol. The Bertz CT molecular complexity index is 920. The summed E-state index contributed by atoms with van der Waals surface area (Å²) in [5, 5.41) is 19.8. The van der Waals surface area contributed by atoms with Crippen LogP contribution in [-0.4, -0.2) is 65.6 Å². The second kappa shape index (κ2) is 12.3. The number of aliphatic carboxylic acids is 1. The molecule has 2 fully saturated rings. The van der Waals surface area contributed by atoms with E-state index in [2.05, 4.69) is 17.1 Å². The number of rotatable bonds is 11. The Morgan fingerprint density at radius 1 is 1.12 bits per heavy atom. The number of aliphatic hydroxyl groups excluding tert-OH is 1. The van der Waals surface area contributed by atoms with Gasteiger partial charge in [-0.15, -0.1) is 0 Å². The number of ether oxygens (including phenoxy) is 2. The van der Waals surface area contributed by atoms with Crippen LogP contribution in [-0.2, 0) is 20.9 Å². The average molecular weight is 470 g/mol. The highest BCUT2D eigenvalue weighted by molar-refractivity contribution is 5.66. The summed E-state index contributed by atoms with van der Waals surface area (Å²) < 4.78 is 17.8. The third-order valence-corrected chi connectivity index (χ3v) is 6.75. The predicted molar refractivity (Wildman–Crippen MR) is 128 cm³/mol. The Morgan fingerprint density at radius 3 is 2.68 bits per heavy atom. The van der Waals surface area contributed by atoms with Gasteiger partial charge in [-0.3, -0.25) is 9.69 Å². The molecule has 2 N–H and O–H groups in total.